The lowest BCUT2D eigenvalue weighted by atomic mass is 9.76. The van der Waals surface area contributed by atoms with Crippen LogP contribution in [0.15, 0.2) is 18.2 Å². The van der Waals surface area contributed by atoms with E-state index in [0.717, 1.165) is 6.07 Å². The van der Waals surface area contributed by atoms with Crippen LogP contribution in [0.5, 0.6) is 0 Å². The van der Waals surface area contributed by atoms with Crippen LogP contribution in [0.25, 0.3) is 0 Å². The Bertz CT molecular complexity index is 620. The fourth-order valence-electron chi connectivity index (χ4n) is 3.13. The van der Waals surface area contributed by atoms with Crippen molar-refractivity contribution in [3.05, 3.63) is 34.1 Å². The molecule has 0 spiro atoms. The normalized spacial score (nSPS) is 20.8. The zero-order valence-corrected chi connectivity index (χ0v) is 13.5. The quantitative estimate of drug-likeness (QED) is 0.472. The van der Waals surface area contributed by atoms with Gasteiger partial charge in [0.2, 0.25) is 5.82 Å². The molecule has 1 aliphatic heterocycles. The monoisotopic (exact) mass is 324 g/mol. The average Bonchev–Trinajstić information content (AvgIpc) is 2.93. The molecule has 0 bridgehead atoms. The van der Waals surface area contributed by atoms with Gasteiger partial charge in [0.15, 0.2) is 0 Å². The predicted octanol–water partition coefficient (Wildman–Crippen LogP) is 3.15. The number of rotatable bonds is 5. The lowest BCUT2D eigenvalue weighted by Crippen LogP contribution is -2.40. The Balaban J connectivity index is 2.37. The van der Waals surface area contributed by atoms with Crippen LogP contribution < -0.4 is 4.90 Å². The number of carbonyl (C=O) groups excluding carboxylic acids is 1. The fourth-order valence-corrected chi connectivity index (χ4v) is 3.13. The van der Waals surface area contributed by atoms with Crippen molar-refractivity contribution in [3.63, 3.8) is 0 Å². The molecule has 1 aromatic rings. The van der Waals surface area contributed by atoms with Gasteiger partial charge in [-0.15, -0.1) is 0 Å². The van der Waals surface area contributed by atoms with Crippen LogP contribution in [-0.2, 0) is 9.53 Å². The van der Waals surface area contributed by atoms with Crippen molar-refractivity contribution in [3.8, 4) is 0 Å². The van der Waals surface area contributed by atoms with Crippen molar-refractivity contribution < 1.29 is 18.8 Å². The summed E-state index contributed by atoms with van der Waals surface area (Å²) < 4.78 is 19.0. The summed E-state index contributed by atoms with van der Waals surface area (Å²) in [4.78, 5) is 24.6. The molecule has 2 rings (SSSR count). The van der Waals surface area contributed by atoms with Crippen LogP contribution in [0, 0.1) is 27.3 Å². The fraction of sp³-hybridized carbons (Fsp3) is 0.562. The van der Waals surface area contributed by atoms with Gasteiger partial charge in [-0.25, -0.2) is 0 Å². The summed E-state index contributed by atoms with van der Waals surface area (Å²) >= 11 is 0. The van der Waals surface area contributed by atoms with Gasteiger partial charge in [-0.1, -0.05) is 19.9 Å². The van der Waals surface area contributed by atoms with E-state index in [0.29, 0.717) is 13.0 Å². The Hall–Kier alpha value is -2.18. The molecule has 0 N–H and O–H groups in total. The van der Waals surface area contributed by atoms with Crippen molar-refractivity contribution in [2.45, 2.75) is 27.2 Å². The molecule has 1 heterocycles. The number of halogens is 1. The molecular formula is C16H21FN2O4. The van der Waals surface area contributed by atoms with Crippen molar-refractivity contribution in [2.75, 3.05) is 24.6 Å². The molecule has 6 nitrogen and oxygen atoms in total. The zero-order valence-electron chi connectivity index (χ0n) is 13.5. The molecule has 0 aliphatic carbocycles. The van der Waals surface area contributed by atoms with Gasteiger partial charge in [0.05, 0.1) is 16.9 Å². The molecule has 1 aromatic carbocycles. The largest absolute Gasteiger partial charge is 0.466 e. The van der Waals surface area contributed by atoms with E-state index < -0.39 is 21.8 Å². The second-order valence-electron chi connectivity index (χ2n) is 6.07. The molecule has 1 saturated heterocycles. The number of esters is 1. The van der Waals surface area contributed by atoms with E-state index >= 15 is 0 Å². The van der Waals surface area contributed by atoms with E-state index in [1.807, 2.05) is 13.8 Å². The Labute approximate surface area is 134 Å². The van der Waals surface area contributed by atoms with E-state index in [1.165, 1.54) is 12.1 Å². The maximum absolute atomic E-state index is 13.8. The first kappa shape index (κ1) is 17.2. The van der Waals surface area contributed by atoms with Gasteiger partial charge in [-0.05, 0) is 31.4 Å². The van der Waals surface area contributed by atoms with E-state index in [2.05, 4.69) is 0 Å². The maximum Gasteiger partial charge on any atom is 0.327 e. The van der Waals surface area contributed by atoms with E-state index in [1.54, 1.807) is 11.8 Å². The average molecular weight is 324 g/mol. The molecule has 1 aliphatic rings. The topological polar surface area (TPSA) is 72.7 Å². The van der Waals surface area contributed by atoms with Gasteiger partial charge in [-0.2, -0.15) is 4.39 Å². The van der Waals surface area contributed by atoms with Crippen molar-refractivity contribution >= 4 is 17.3 Å². The first-order valence-corrected chi connectivity index (χ1v) is 7.68. The Morgan fingerprint density at radius 2 is 2.22 bits per heavy atom. The summed E-state index contributed by atoms with van der Waals surface area (Å²) in [7, 11) is 0. The van der Waals surface area contributed by atoms with Crippen LogP contribution in [0.1, 0.15) is 27.2 Å². The minimum Gasteiger partial charge on any atom is -0.466 e. The van der Waals surface area contributed by atoms with E-state index in [9.17, 15) is 19.3 Å². The van der Waals surface area contributed by atoms with Crippen molar-refractivity contribution in [1.29, 1.82) is 0 Å². The van der Waals surface area contributed by atoms with Crippen LogP contribution in [-0.4, -0.2) is 30.6 Å². The van der Waals surface area contributed by atoms with Gasteiger partial charge < -0.3 is 9.64 Å². The minimum absolute atomic E-state index is 0.0131. The number of benzene rings is 1. The first-order chi connectivity index (χ1) is 10.8. The predicted molar refractivity (Wildman–Crippen MR) is 83.8 cm³/mol. The number of carbonyl (C=O) groups is 1. The van der Waals surface area contributed by atoms with E-state index in [-0.39, 0.29) is 30.7 Å². The highest BCUT2D eigenvalue weighted by Gasteiger charge is 2.49. The summed E-state index contributed by atoms with van der Waals surface area (Å²) in [5, 5.41) is 11.2. The van der Waals surface area contributed by atoms with E-state index in [4.69, 9.17) is 4.74 Å². The molecule has 23 heavy (non-hydrogen) atoms. The Kier molecular flexibility index (Phi) is 4.87. The van der Waals surface area contributed by atoms with Gasteiger partial charge in [0, 0.05) is 13.1 Å². The summed E-state index contributed by atoms with van der Waals surface area (Å²) in [5.41, 5.74) is -1.06. The standard InChI is InChI=1S/C16H21FN2O4/c1-4-23-15(20)16(11(2)3)8-9-18(10-16)13-7-5-6-12(17)14(13)19(21)22/h5-7,11H,4,8-10H2,1-3H3. The molecule has 1 unspecified atom stereocenters. The number of para-hydroxylation sites is 1. The highest BCUT2D eigenvalue weighted by molar-refractivity contribution is 5.80. The summed E-state index contributed by atoms with van der Waals surface area (Å²) in [6, 6.07) is 4.03. The SMILES string of the molecule is CCOC(=O)C1(C(C)C)CCN(c2cccc(F)c2[N+](=O)[O-])C1. The highest BCUT2D eigenvalue weighted by Crippen LogP contribution is 2.43. The third-order valence-electron chi connectivity index (χ3n) is 4.58. The first-order valence-electron chi connectivity index (χ1n) is 7.68. The molecule has 0 amide bonds. The smallest absolute Gasteiger partial charge is 0.327 e. The number of nitro benzene ring substituents is 1. The zero-order chi connectivity index (χ0) is 17.2. The second-order valence-corrected chi connectivity index (χ2v) is 6.07. The number of hydrogen-bond acceptors (Lipinski definition) is 5. The number of ether oxygens (including phenoxy) is 1. The lowest BCUT2D eigenvalue weighted by Gasteiger charge is -2.31. The summed E-state index contributed by atoms with van der Waals surface area (Å²) in [6.45, 7) is 6.62. The van der Waals surface area contributed by atoms with Crippen molar-refractivity contribution in [2.24, 2.45) is 11.3 Å². The van der Waals surface area contributed by atoms with Crippen molar-refractivity contribution in [1.82, 2.24) is 0 Å². The third kappa shape index (κ3) is 3.00. The molecule has 126 valence electrons. The molecule has 1 atom stereocenters. The molecule has 0 aromatic heterocycles. The molecule has 7 heteroatoms. The number of anilines is 1. The van der Waals surface area contributed by atoms with Gasteiger partial charge in [0.1, 0.15) is 5.69 Å². The van der Waals surface area contributed by atoms with Gasteiger partial charge >= 0.3 is 11.7 Å². The Morgan fingerprint density at radius 1 is 1.52 bits per heavy atom. The van der Waals surface area contributed by atoms with Crippen LogP contribution >= 0.6 is 0 Å². The van der Waals surface area contributed by atoms with Crippen LogP contribution in [0.4, 0.5) is 15.8 Å². The number of nitrogens with zero attached hydrogens (tertiary/aromatic N) is 2. The minimum atomic E-state index is -0.870. The Morgan fingerprint density at radius 3 is 2.78 bits per heavy atom. The summed E-state index contributed by atoms with van der Waals surface area (Å²) in [5.74, 6) is -1.15. The summed E-state index contributed by atoms with van der Waals surface area (Å²) in [6.07, 6.45) is 0.525. The van der Waals surface area contributed by atoms with Crippen LogP contribution in [0.2, 0.25) is 0 Å². The number of hydrogen-bond donors (Lipinski definition) is 0. The molecule has 0 saturated carbocycles. The third-order valence-corrected chi connectivity index (χ3v) is 4.58. The highest BCUT2D eigenvalue weighted by atomic mass is 19.1. The lowest BCUT2D eigenvalue weighted by molar-refractivity contribution is -0.386. The molecule has 1 fully saturated rings. The van der Waals surface area contributed by atoms with Gasteiger partial charge in [0.25, 0.3) is 0 Å². The maximum atomic E-state index is 13.8. The second kappa shape index (κ2) is 6.52. The molecular weight excluding hydrogens is 303 g/mol. The van der Waals surface area contributed by atoms with Crippen LogP contribution in [0.3, 0.4) is 0 Å². The molecule has 0 radical (unpaired) electrons. The van der Waals surface area contributed by atoms with Gasteiger partial charge in [-0.3, -0.25) is 14.9 Å². The number of nitro groups is 1.